The van der Waals surface area contributed by atoms with Gasteiger partial charge in [-0.3, -0.25) is 5.10 Å². The van der Waals surface area contributed by atoms with Crippen LogP contribution in [0.15, 0.2) is 11.1 Å². The molecule has 0 amide bonds. The number of sulfonamides is 1. The number of hydrogen-bond donors (Lipinski definition) is 3. The molecule has 6 nitrogen and oxygen atoms in total. The van der Waals surface area contributed by atoms with E-state index in [1.807, 2.05) is 0 Å². The maximum atomic E-state index is 11.8. The maximum Gasteiger partial charge on any atom is 0.243 e. The highest BCUT2D eigenvalue weighted by molar-refractivity contribution is 7.89. The molecule has 0 saturated carbocycles. The molecule has 1 rings (SSSR count). The number of aromatic amines is 1. The van der Waals surface area contributed by atoms with E-state index in [9.17, 15) is 8.42 Å². The van der Waals surface area contributed by atoms with Crippen LogP contribution in [0.2, 0.25) is 0 Å². The van der Waals surface area contributed by atoms with Crippen molar-refractivity contribution in [3.05, 3.63) is 11.9 Å². The largest absolute Gasteiger partial charge is 0.393 e. The van der Waals surface area contributed by atoms with Crippen molar-refractivity contribution >= 4 is 27.2 Å². The number of H-pyrrole nitrogens is 1. The molecular formula is C8H14N4O2S2. The Hall–Kier alpha value is -0.990. The number of aryl methyl sites for hydroxylation is 1. The highest BCUT2D eigenvalue weighted by atomic mass is 32.2. The zero-order valence-electron chi connectivity index (χ0n) is 9.02. The lowest BCUT2D eigenvalue weighted by atomic mass is 10.2. The molecule has 0 saturated heterocycles. The molecule has 0 spiro atoms. The third-order valence-electron chi connectivity index (χ3n) is 2.14. The first-order valence-electron chi connectivity index (χ1n) is 4.63. The normalized spacial score (nSPS) is 13.6. The average Bonchev–Trinajstić information content (AvgIpc) is 2.61. The monoisotopic (exact) mass is 262 g/mol. The summed E-state index contributed by atoms with van der Waals surface area (Å²) in [5, 5.41) is 6.22. The Bertz CT molecular complexity index is 480. The Balaban J connectivity index is 2.75. The van der Waals surface area contributed by atoms with E-state index in [2.05, 4.69) is 14.9 Å². The van der Waals surface area contributed by atoms with Gasteiger partial charge in [0.2, 0.25) is 10.0 Å². The SMILES string of the molecule is Cc1[nH]ncc1S(=O)(=O)NCC(C)C(N)=S. The van der Waals surface area contributed by atoms with Crippen molar-refractivity contribution in [2.45, 2.75) is 18.7 Å². The third kappa shape index (κ3) is 3.00. The van der Waals surface area contributed by atoms with Crippen LogP contribution in [-0.2, 0) is 10.0 Å². The van der Waals surface area contributed by atoms with Crippen LogP contribution < -0.4 is 10.5 Å². The Morgan fingerprint density at radius 3 is 2.81 bits per heavy atom. The second-order valence-electron chi connectivity index (χ2n) is 3.51. The number of nitrogens with one attached hydrogen (secondary N) is 2. The van der Waals surface area contributed by atoms with E-state index in [0.29, 0.717) is 5.69 Å². The Morgan fingerprint density at radius 1 is 1.75 bits per heavy atom. The third-order valence-corrected chi connectivity index (χ3v) is 4.08. The van der Waals surface area contributed by atoms with E-state index >= 15 is 0 Å². The van der Waals surface area contributed by atoms with Crippen molar-refractivity contribution in [2.75, 3.05) is 6.54 Å². The number of rotatable bonds is 5. The molecular weight excluding hydrogens is 248 g/mol. The lowest BCUT2D eigenvalue weighted by Crippen LogP contribution is -2.33. The fraction of sp³-hybridized carbons (Fsp3) is 0.500. The average molecular weight is 262 g/mol. The van der Waals surface area contributed by atoms with Crippen molar-refractivity contribution in [1.29, 1.82) is 0 Å². The molecule has 1 unspecified atom stereocenters. The molecule has 0 bridgehead atoms. The maximum absolute atomic E-state index is 11.8. The summed E-state index contributed by atoms with van der Waals surface area (Å²) in [6.07, 6.45) is 1.27. The fourth-order valence-corrected chi connectivity index (χ4v) is 2.37. The van der Waals surface area contributed by atoms with Crippen molar-refractivity contribution in [3.8, 4) is 0 Å². The van der Waals surface area contributed by atoms with Gasteiger partial charge in [0.05, 0.1) is 16.9 Å². The zero-order valence-corrected chi connectivity index (χ0v) is 10.7. The fourth-order valence-electron chi connectivity index (χ4n) is 1.02. The van der Waals surface area contributed by atoms with Crippen LogP contribution in [0.1, 0.15) is 12.6 Å². The predicted octanol–water partition coefficient (Wildman–Crippen LogP) is -0.0814. The molecule has 0 radical (unpaired) electrons. The van der Waals surface area contributed by atoms with Crippen LogP contribution in [0.4, 0.5) is 0 Å². The van der Waals surface area contributed by atoms with E-state index in [0.717, 1.165) is 0 Å². The van der Waals surface area contributed by atoms with E-state index in [4.69, 9.17) is 18.0 Å². The van der Waals surface area contributed by atoms with Gasteiger partial charge in [0.15, 0.2) is 0 Å². The second-order valence-corrected chi connectivity index (χ2v) is 5.72. The van der Waals surface area contributed by atoms with Gasteiger partial charge in [-0.25, -0.2) is 13.1 Å². The number of nitrogens with zero attached hydrogens (tertiary/aromatic N) is 1. The summed E-state index contributed by atoms with van der Waals surface area (Å²) < 4.78 is 26.0. The molecule has 1 atom stereocenters. The summed E-state index contributed by atoms with van der Waals surface area (Å²) in [4.78, 5) is 0.425. The summed E-state index contributed by atoms with van der Waals surface area (Å²) in [5.74, 6) is -0.183. The number of nitrogens with two attached hydrogens (primary N) is 1. The van der Waals surface area contributed by atoms with E-state index in [-0.39, 0.29) is 22.3 Å². The minimum atomic E-state index is -3.54. The topological polar surface area (TPSA) is 101 Å². The van der Waals surface area contributed by atoms with Gasteiger partial charge in [-0.2, -0.15) is 5.10 Å². The molecule has 16 heavy (non-hydrogen) atoms. The van der Waals surface area contributed by atoms with E-state index < -0.39 is 10.0 Å². The first kappa shape index (κ1) is 13.1. The smallest absolute Gasteiger partial charge is 0.243 e. The first-order valence-corrected chi connectivity index (χ1v) is 6.52. The van der Waals surface area contributed by atoms with E-state index in [1.165, 1.54) is 6.20 Å². The van der Waals surface area contributed by atoms with Crippen molar-refractivity contribution < 1.29 is 8.42 Å². The molecule has 1 aromatic heterocycles. The Labute approximate surface area is 99.7 Å². The lowest BCUT2D eigenvalue weighted by molar-refractivity contribution is 0.574. The molecule has 8 heteroatoms. The summed E-state index contributed by atoms with van der Waals surface area (Å²) in [6.45, 7) is 3.58. The molecule has 0 fully saturated rings. The summed E-state index contributed by atoms with van der Waals surface area (Å²) >= 11 is 4.76. The summed E-state index contributed by atoms with van der Waals surface area (Å²) in [7, 11) is -3.54. The molecule has 0 aliphatic heterocycles. The highest BCUT2D eigenvalue weighted by Crippen LogP contribution is 2.10. The minimum absolute atomic E-state index is 0.141. The van der Waals surface area contributed by atoms with Gasteiger partial charge in [0, 0.05) is 12.5 Å². The van der Waals surface area contributed by atoms with Crippen LogP contribution in [0.5, 0.6) is 0 Å². The zero-order chi connectivity index (χ0) is 12.3. The van der Waals surface area contributed by atoms with Gasteiger partial charge >= 0.3 is 0 Å². The quantitative estimate of drug-likeness (QED) is 0.644. The molecule has 0 aliphatic rings. The Morgan fingerprint density at radius 2 is 2.38 bits per heavy atom. The second kappa shape index (κ2) is 4.89. The Kier molecular flexibility index (Phi) is 4.00. The van der Waals surface area contributed by atoms with Crippen LogP contribution in [0.25, 0.3) is 0 Å². The molecule has 4 N–H and O–H groups in total. The van der Waals surface area contributed by atoms with Gasteiger partial charge < -0.3 is 5.73 Å². The van der Waals surface area contributed by atoms with Gasteiger partial charge in [-0.15, -0.1) is 0 Å². The molecule has 1 aromatic rings. The lowest BCUT2D eigenvalue weighted by Gasteiger charge is -2.10. The van der Waals surface area contributed by atoms with Gasteiger partial charge in [-0.05, 0) is 6.92 Å². The molecule has 90 valence electrons. The van der Waals surface area contributed by atoms with E-state index in [1.54, 1.807) is 13.8 Å². The predicted molar refractivity (Wildman–Crippen MR) is 64.5 cm³/mol. The molecule has 1 heterocycles. The standard InChI is InChI=1S/C8H14N4O2S2/c1-5(8(9)15)3-11-16(13,14)7-4-10-12-6(7)2/h4-5,11H,3H2,1-2H3,(H2,9,15)(H,10,12). The number of thiocarbonyl (C=S) groups is 1. The highest BCUT2D eigenvalue weighted by Gasteiger charge is 2.19. The molecule has 0 aromatic carbocycles. The summed E-state index contributed by atoms with van der Waals surface area (Å²) in [6, 6.07) is 0. The van der Waals surface area contributed by atoms with Crippen LogP contribution in [0.3, 0.4) is 0 Å². The van der Waals surface area contributed by atoms with Crippen molar-refractivity contribution in [3.63, 3.8) is 0 Å². The van der Waals surface area contributed by atoms with Gasteiger partial charge in [0.25, 0.3) is 0 Å². The summed E-state index contributed by atoms with van der Waals surface area (Å²) in [5.41, 5.74) is 5.89. The number of hydrogen-bond acceptors (Lipinski definition) is 4. The van der Waals surface area contributed by atoms with Crippen LogP contribution >= 0.6 is 12.2 Å². The first-order chi connectivity index (χ1) is 7.34. The van der Waals surface area contributed by atoms with Crippen LogP contribution in [0, 0.1) is 12.8 Å². The van der Waals surface area contributed by atoms with Crippen molar-refractivity contribution in [2.24, 2.45) is 11.7 Å². The molecule has 0 aliphatic carbocycles. The van der Waals surface area contributed by atoms with Gasteiger partial charge in [-0.1, -0.05) is 19.1 Å². The van der Waals surface area contributed by atoms with Crippen molar-refractivity contribution in [1.82, 2.24) is 14.9 Å². The van der Waals surface area contributed by atoms with Crippen LogP contribution in [-0.4, -0.2) is 30.1 Å². The number of aromatic nitrogens is 2. The van der Waals surface area contributed by atoms with Gasteiger partial charge in [0.1, 0.15) is 4.90 Å². The minimum Gasteiger partial charge on any atom is -0.393 e.